The number of unbranched alkanes of at least 4 members (excludes halogenated alkanes) is 3. The van der Waals surface area contributed by atoms with Crippen LogP contribution in [-0.2, 0) is 92.1 Å². The predicted molar refractivity (Wildman–Crippen MR) is 500 cm³/mol. The molecule has 3 atom stereocenters. The highest BCUT2D eigenvalue weighted by atomic mass is 16.6. The Labute approximate surface area is 757 Å². The second-order valence-electron chi connectivity index (χ2n) is 31.0. The Morgan fingerprint density at radius 1 is 0.264 bits per heavy atom. The van der Waals surface area contributed by atoms with Crippen molar-refractivity contribution in [3.8, 4) is 0 Å². The van der Waals surface area contributed by atoms with Gasteiger partial charge in [-0.15, -0.1) is 0 Å². The third kappa shape index (κ3) is 42.6. The van der Waals surface area contributed by atoms with Crippen molar-refractivity contribution in [2.75, 3.05) is 202 Å². The first-order chi connectivity index (χ1) is 62.7. The standard InChI is InChI=1S/C98H129N11O20/c1-9-12-53-121-69-90(120-8)66-107(47-56-118-6)49-58-124-93(112)101-84-37-21-77(22-38-84)64-78-23-39-85(40-24-78)102-94(113)125-59-50-108(48-57-119-7)67-91(70-122-54-13-10-2)128-97(116)105-88-45-29-81(30-46-88)65-79-25-41-87(42-26-79)104-96(115)127-61-52-109(51-60-126-95(114)103-86-35-19-76(20-36-86)62-74-15-31-82(32-16-74)99-72(4)110)68-92(71-123-55-14-11-3)129-98(117)106-89-43-27-80(28-44-89)63-75-17-33-83(34-18-75)100-73(5)111/h15-46,90-92H,9-14,47-71H2,1-8H3,(H,99,110)(H,100,111)(H,101,112)(H,102,113)(H,103,114)(H,104,115)(H,105,116)(H,106,117). The van der Waals surface area contributed by atoms with Gasteiger partial charge in [-0.3, -0.25) is 56.2 Å². The minimum atomic E-state index is -0.809. The molecule has 31 heteroatoms. The van der Waals surface area contributed by atoms with Crippen LogP contribution < -0.4 is 42.5 Å². The number of benzene rings is 8. The van der Waals surface area contributed by atoms with E-state index in [0.717, 1.165) is 83.0 Å². The van der Waals surface area contributed by atoms with Crippen LogP contribution in [0.1, 0.15) is 118 Å². The van der Waals surface area contributed by atoms with Gasteiger partial charge in [0.1, 0.15) is 38.6 Å². The molecule has 0 aromatic heterocycles. The first kappa shape index (κ1) is 102. The Hall–Kier alpha value is -12.0. The molecule has 3 unspecified atom stereocenters. The van der Waals surface area contributed by atoms with Gasteiger partial charge in [0.05, 0.1) is 39.1 Å². The molecule has 31 nitrogen and oxygen atoms in total. The molecule has 8 rings (SSSR count). The molecule has 0 saturated carbocycles. The number of carbonyl (C=O) groups is 8. The van der Waals surface area contributed by atoms with E-state index in [2.05, 4.69) is 61.3 Å². The predicted octanol–water partition coefficient (Wildman–Crippen LogP) is 16.8. The molecule has 696 valence electrons. The average Bonchev–Trinajstić information content (AvgIpc) is 0.877. The van der Waals surface area contributed by atoms with Gasteiger partial charge in [-0.05, 0) is 187 Å². The number of anilines is 8. The zero-order chi connectivity index (χ0) is 92.0. The van der Waals surface area contributed by atoms with E-state index >= 15 is 0 Å². The zero-order valence-corrected chi connectivity index (χ0v) is 75.6. The minimum absolute atomic E-state index is 0.0307. The highest BCUT2D eigenvalue weighted by molar-refractivity contribution is 5.90. The average molecular weight is 1780 g/mol. The van der Waals surface area contributed by atoms with Gasteiger partial charge in [0.15, 0.2) is 0 Å². The van der Waals surface area contributed by atoms with Gasteiger partial charge >= 0.3 is 36.6 Å². The molecule has 129 heavy (non-hydrogen) atoms. The summed E-state index contributed by atoms with van der Waals surface area (Å²) in [7, 11) is 4.91. The molecule has 8 aromatic rings. The van der Waals surface area contributed by atoms with Crippen LogP contribution in [0.3, 0.4) is 0 Å². The van der Waals surface area contributed by atoms with Crippen LogP contribution in [0, 0.1) is 0 Å². The Balaban J connectivity index is 0.779. The van der Waals surface area contributed by atoms with E-state index in [0.29, 0.717) is 144 Å². The van der Waals surface area contributed by atoms with Crippen molar-refractivity contribution in [2.24, 2.45) is 0 Å². The number of hydrogen-bond donors (Lipinski definition) is 8. The molecule has 0 saturated heterocycles. The molecular weight excluding hydrogens is 1650 g/mol. The van der Waals surface area contributed by atoms with Crippen molar-refractivity contribution in [1.29, 1.82) is 0 Å². The Kier molecular flexibility index (Phi) is 46.9. The van der Waals surface area contributed by atoms with E-state index in [9.17, 15) is 38.4 Å². The normalized spacial score (nSPS) is 11.8. The Morgan fingerprint density at radius 2 is 0.465 bits per heavy atom. The summed E-state index contributed by atoms with van der Waals surface area (Å²) in [5.41, 5.74) is 12.6. The van der Waals surface area contributed by atoms with Crippen molar-refractivity contribution in [3.63, 3.8) is 0 Å². The molecule has 8 aromatic carbocycles. The van der Waals surface area contributed by atoms with Gasteiger partial charge in [-0.1, -0.05) is 137 Å². The molecule has 0 bridgehead atoms. The SMILES string of the molecule is CCCCOCC(CN(CCOC)CCOC(=O)Nc1ccc(Cc2ccc(NC(=O)OCCN(CCOC)CC(COCCCC)OC(=O)Nc3ccc(Cc4ccc(NC(=O)OCCN(CCOC(=O)Nc5ccc(Cc6ccc(NC(C)=O)cc6)cc5)CC(COCCCC)OC(=O)Nc5ccc(Cc6ccc(NC(C)=O)cc6)cc5)cc4)cc3)cc2)cc1)OC. The summed E-state index contributed by atoms with van der Waals surface area (Å²) in [6.45, 7) is 15.5. The van der Waals surface area contributed by atoms with Crippen LogP contribution in [0.4, 0.5) is 74.3 Å². The van der Waals surface area contributed by atoms with Gasteiger partial charge < -0.3 is 67.5 Å². The molecule has 0 fully saturated rings. The number of rotatable bonds is 58. The molecule has 8 N–H and O–H groups in total. The lowest BCUT2D eigenvalue weighted by atomic mass is 10.0. The first-order valence-electron chi connectivity index (χ1n) is 44.1. The maximum Gasteiger partial charge on any atom is 0.412 e. The van der Waals surface area contributed by atoms with Crippen LogP contribution in [0.25, 0.3) is 0 Å². The second kappa shape index (κ2) is 59.2. The van der Waals surface area contributed by atoms with E-state index in [1.54, 1.807) is 82.0 Å². The van der Waals surface area contributed by atoms with Crippen molar-refractivity contribution >= 4 is 93.9 Å². The zero-order valence-electron chi connectivity index (χ0n) is 75.6. The second-order valence-corrected chi connectivity index (χ2v) is 31.0. The highest BCUT2D eigenvalue weighted by Gasteiger charge is 2.24. The van der Waals surface area contributed by atoms with Gasteiger partial charge in [0.2, 0.25) is 11.8 Å². The maximum atomic E-state index is 13.6. The Morgan fingerprint density at radius 3 is 0.674 bits per heavy atom. The van der Waals surface area contributed by atoms with Crippen LogP contribution >= 0.6 is 0 Å². The summed E-state index contributed by atoms with van der Waals surface area (Å²) in [4.78, 5) is 109. The summed E-state index contributed by atoms with van der Waals surface area (Å²) in [6.07, 6.45) is 2.28. The minimum Gasteiger partial charge on any atom is -0.448 e. The molecule has 8 amide bonds. The fourth-order valence-corrected chi connectivity index (χ4v) is 13.3. The molecule has 0 aliphatic rings. The number of carbonyl (C=O) groups excluding carboxylic acids is 8. The van der Waals surface area contributed by atoms with Crippen molar-refractivity contribution in [2.45, 2.75) is 117 Å². The van der Waals surface area contributed by atoms with E-state index in [1.807, 2.05) is 150 Å². The summed E-state index contributed by atoms with van der Waals surface area (Å²) in [5, 5.41) is 22.4. The summed E-state index contributed by atoms with van der Waals surface area (Å²) in [5.74, 6) is -0.296. The van der Waals surface area contributed by atoms with Gasteiger partial charge in [-0.2, -0.15) is 0 Å². The smallest absolute Gasteiger partial charge is 0.412 e. The topological polar surface area (TPSA) is 353 Å². The van der Waals surface area contributed by atoms with E-state index < -0.39 is 48.8 Å². The van der Waals surface area contributed by atoms with Gasteiger partial charge in [-0.25, -0.2) is 28.8 Å². The largest absolute Gasteiger partial charge is 0.448 e. The lowest BCUT2D eigenvalue weighted by Gasteiger charge is -2.27. The van der Waals surface area contributed by atoms with Gasteiger partial charge in [0, 0.05) is 159 Å². The third-order valence-corrected chi connectivity index (χ3v) is 20.3. The summed E-state index contributed by atoms with van der Waals surface area (Å²) < 4.78 is 68.7. The van der Waals surface area contributed by atoms with E-state index in [1.165, 1.54) is 13.8 Å². The molecule has 0 radical (unpaired) electrons. The lowest BCUT2D eigenvalue weighted by molar-refractivity contribution is -0.115. The van der Waals surface area contributed by atoms with E-state index in [4.69, 9.17) is 56.8 Å². The summed E-state index contributed by atoms with van der Waals surface area (Å²) in [6, 6.07) is 59.6. The number of nitrogens with zero attached hydrogens (tertiary/aromatic N) is 3. The van der Waals surface area contributed by atoms with E-state index in [-0.39, 0.29) is 83.7 Å². The molecule has 0 aliphatic carbocycles. The monoisotopic (exact) mass is 1780 g/mol. The molecule has 0 aliphatic heterocycles. The number of hydrogen-bond acceptors (Lipinski definition) is 23. The lowest BCUT2D eigenvalue weighted by Crippen LogP contribution is -2.42. The fraction of sp³-hybridized carbons (Fsp3) is 0.429. The quantitative estimate of drug-likeness (QED) is 0.0130. The van der Waals surface area contributed by atoms with Crippen molar-refractivity contribution in [1.82, 2.24) is 14.7 Å². The van der Waals surface area contributed by atoms with Crippen LogP contribution in [0.15, 0.2) is 194 Å². The van der Waals surface area contributed by atoms with Gasteiger partial charge in [0.25, 0.3) is 0 Å². The number of ether oxygens (including phenoxy) is 12. The molecule has 0 heterocycles. The molecule has 0 spiro atoms. The van der Waals surface area contributed by atoms with Crippen LogP contribution in [0.2, 0.25) is 0 Å². The third-order valence-electron chi connectivity index (χ3n) is 20.3. The number of methoxy groups -OCH3 is 3. The van der Waals surface area contributed by atoms with Crippen molar-refractivity contribution in [3.05, 3.63) is 239 Å². The fourth-order valence-electron chi connectivity index (χ4n) is 13.3. The first-order valence-corrected chi connectivity index (χ1v) is 44.1. The Bertz CT molecular complexity index is 4600. The maximum absolute atomic E-state index is 13.6. The number of nitrogens with one attached hydrogen (secondary N) is 8. The summed E-state index contributed by atoms with van der Waals surface area (Å²) >= 11 is 0. The number of amides is 8. The van der Waals surface area contributed by atoms with Crippen LogP contribution in [-0.4, -0.2) is 241 Å². The van der Waals surface area contributed by atoms with Crippen LogP contribution in [0.5, 0.6) is 0 Å². The van der Waals surface area contributed by atoms with Crippen molar-refractivity contribution < 1.29 is 95.2 Å². The highest BCUT2D eigenvalue weighted by Crippen LogP contribution is 2.23. The molecular formula is C98H129N11O20.